The van der Waals surface area contributed by atoms with E-state index in [1.807, 2.05) is 0 Å². The van der Waals surface area contributed by atoms with E-state index in [1.165, 1.54) is 6.20 Å². The van der Waals surface area contributed by atoms with Gasteiger partial charge in [0.1, 0.15) is 17.1 Å². The normalized spacial score (nSPS) is 15.7. The average molecular weight is 540 g/mol. The van der Waals surface area contributed by atoms with Crippen molar-refractivity contribution < 1.29 is 19.1 Å². The molecule has 12 heteroatoms. The maximum atomic E-state index is 12.9. The molecule has 0 bridgehead atoms. The van der Waals surface area contributed by atoms with Gasteiger partial charge in [0.15, 0.2) is 11.5 Å². The zero-order valence-corrected chi connectivity index (χ0v) is 22.2. The number of piperidine rings is 1. The number of carbonyl (C=O) groups is 3. The Hall–Kier alpha value is -4.12. The van der Waals surface area contributed by atoms with E-state index in [0.29, 0.717) is 40.8 Å². The van der Waals surface area contributed by atoms with Crippen molar-refractivity contribution in [2.75, 3.05) is 17.7 Å². The van der Waals surface area contributed by atoms with Gasteiger partial charge in [0.2, 0.25) is 0 Å². The number of ether oxygens (including phenoxy) is 1. The van der Waals surface area contributed by atoms with Crippen LogP contribution in [0.4, 0.5) is 10.6 Å². The number of hydrogen-bond donors (Lipinski definition) is 3. The van der Waals surface area contributed by atoms with Gasteiger partial charge in [-0.05, 0) is 64.3 Å². The van der Waals surface area contributed by atoms with Crippen LogP contribution in [-0.4, -0.2) is 49.6 Å². The van der Waals surface area contributed by atoms with Crippen LogP contribution in [0.3, 0.4) is 0 Å². The Labute approximate surface area is 225 Å². The van der Waals surface area contributed by atoms with E-state index in [9.17, 15) is 14.4 Å². The SMILES string of the molecule is CC(C)(C)OC(=O)N1CCCC[C@H]1c1nc(-c2ccc(C(=O)Nc3ccc(Cl)cn3)cc2)c(C(N)=O)n1N. The number of imidazole rings is 1. The van der Waals surface area contributed by atoms with Crippen molar-refractivity contribution in [1.29, 1.82) is 0 Å². The first-order valence-corrected chi connectivity index (χ1v) is 12.5. The van der Waals surface area contributed by atoms with Gasteiger partial charge >= 0.3 is 6.09 Å². The molecule has 1 fully saturated rings. The summed E-state index contributed by atoms with van der Waals surface area (Å²) in [5, 5.41) is 3.15. The number of carbonyl (C=O) groups excluding carboxylic acids is 3. The molecule has 3 heterocycles. The Morgan fingerprint density at radius 1 is 1.11 bits per heavy atom. The molecule has 2 aromatic heterocycles. The molecule has 3 aromatic rings. The minimum Gasteiger partial charge on any atom is -0.444 e. The first-order chi connectivity index (χ1) is 17.9. The Morgan fingerprint density at radius 3 is 2.42 bits per heavy atom. The van der Waals surface area contributed by atoms with Gasteiger partial charge in [-0.2, -0.15) is 0 Å². The summed E-state index contributed by atoms with van der Waals surface area (Å²) in [6.45, 7) is 5.87. The van der Waals surface area contributed by atoms with Gasteiger partial charge in [0, 0.05) is 23.9 Å². The number of hydrogen-bond acceptors (Lipinski definition) is 7. The van der Waals surface area contributed by atoms with E-state index >= 15 is 0 Å². The first-order valence-electron chi connectivity index (χ1n) is 12.1. The van der Waals surface area contributed by atoms with Crippen LogP contribution in [-0.2, 0) is 4.74 Å². The van der Waals surface area contributed by atoms with Crippen LogP contribution in [0.15, 0.2) is 42.6 Å². The third kappa shape index (κ3) is 5.88. The highest BCUT2D eigenvalue weighted by Gasteiger charge is 2.36. The number of nitrogens with two attached hydrogens (primary N) is 2. The highest BCUT2D eigenvalue weighted by molar-refractivity contribution is 6.30. The van der Waals surface area contributed by atoms with Crippen LogP contribution >= 0.6 is 11.6 Å². The minimum atomic E-state index is -0.767. The van der Waals surface area contributed by atoms with Crippen molar-refractivity contribution in [1.82, 2.24) is 19.5 Å². The molecule has 200 valence electrons. The third-order valence-corrected chi connectivity index (χ3v) is 6.21. The second-order valence-corrected chi connectivity index (χ2v) is 10.4. The predicted octanol–water partition coefficient (Wildman–Crippen LogP) is 4.13. The molecule has 1 saturated heterocycles. The lowest BCUT2D eigenvalue weighted by Crippen LogP contribution is -2.43. The quantitative estimate of drug-likeness (QED) is 0.411. The highest BCUT2D eigenvalue weighted by Crippen LogP contribution is 2.34. The lowest BCUT2D eigenvalue weighted by atomic mass is 10.0. The van der Waals surface area contributed by atoms with E-state index in [0.717, 1.165) is 17.5 Å². The number of halogens is 1. The topological polar surface area (TPSA) is 158 Å². The van der Waals surface area contributed by atoms with Gasteiger partial charge in [0.25, 0.3) is 11.8 Å². The number of primary amides is 1. The van der Waals surface area contributed by atoms with E-state index in [-0.39, 0.29) is 17.3 Å². The lowest BCUT2D eigenvalue weighted by molar-refractivity contribution is 0.00821. The van der Waals surface area contributed by atoms with Gasteiger partial charge in [0.05, 0.1) is 11.1 Å². The van der Waals surface area contributed by atoms with Crippen molar-refractivity contribution in [3.05, 3.63) is 64.7 Å². The van der Waals surface area contributed by atoms with E-state index in [2.05, 4.69) is 15.3 Å². The molecule has 0 saturated carbocycles. The summed E-state index contributed by atoms with van der Waals surface area (Å²) in [4.78, 5) is 48.3. The summed E-state index contributed by atoms with van der Waals surface area (Å²) in [6.07, 6.45) is 3.22. The second-order valence-electron chi connectivity index (χ2n) is 9.98. The molecule has 4 rings (SSSR count). The average Bonchev–Trinajstić information content (AvgIpc) is 3.21. The fourth-order valence-electron chi connectivity index (χ4n) is 4.28. The van der Waals surface area contributed by atoms with E-state index in [4.69, 9.17) is 27.9 Å². The molecule has 1 aliphatic heterocycles. The number of nitrogens with one attached hydrogen (secondary N) is 1. The molecule has 0 unspecified atom stereocenters. The van der Waals surface area contributed by atoms with Crippen LogP contribution in [0.1, 0.15) is 72.7 Å². The van der Waals surface area contributed by atoms with Crippen LogP contribution in [0, 0.1) is 0 Å². The summed E-state index contributed by atoms with van der Waals surface area (Å²) in [5.41, 5.74) is 6.17. The lowest BCUT2D eigenvalue weighted by Gasteiger charge is -2.36. The van der Waals surface area contributed by atoms with Crippen molar-refractivity contribution in [3.8, 4) is 11.3 Å². The number of nitrogen functional groups attached to an aromatic ring is 1. The number of anilines is 1. The van der Waals surface area contributed by atoms with Gasteiger partial charge in [-0.3, -0.25) is 14.5 Å². The predicted molar refractivity (Wildman–Crippen MR) is 143 cm³/mol. The number of amides is 3. The molecule has 0 aliphatic carbocycles. The molecule has 3 amide bonds. The fourth-order valence-corrected chi connectivity index (χ4v) is 4.39. The Kier molecular flexibility index (Phi) is 7.58. The van der Waals surface area contributed by atoms with E-state index in [1.54, 1.807) is 62.1 Å². The minimum absolute atomic E-state index is 0.00252. The Morgan fingerprint density at radius 2 is 1.82 bits per heavy atom. The molecule has 11 nitrogen and oxygen atoms in total. The Bertz CT molecular complexity index is 1350. The number of rotatable bonds is 5. The number of likely N-dealkylation sites (tertiary alicyclic amines) is 1. The standard InChI is InChI=1S/C26H30ClN7O4/c1-26(2,3)38-25(37)33-13-5-4-6-18(33)23-32-20(21(22(28)35)34(23)29)15-7-9-16(10-8-15)24(36)31-19-12-11-17(27)14-30-19/h7-12,14,18H,4-6,13,29H2,1-3H3,(H2,28,35)(H,30,31,36)/t18-/m0/s1. The van der Waals surface area contributed by atoms with Crippen LogP contribution in [0.2, 0.25) is 5.02 Å². The molecule has 38 heavy (non-hydrogen) atoms. The highest BCUT2D eigenvalue weighted by atomic mass is 35.5. The molecule has 0 radical (unpaired) electrons. The van der Waals surface area contributed by atoms with Gasteiger partial charge in [-0.15, -0.1) is 0 Å². The molecule has 1 aliphatic rings. The molecule has 1 aromatic carbocycles. The molecular formula is C26H30ClN7O4. The zero-order valence-electron chi connectivity index (χ0n) is 21.4. The fraction of sp³-hybridized carbons (Fsp3) is 0.346. The summed E-state index contributed by atoms with van der Waals surface area (Å²) in [7, 11) is 0. The number of aromatic nitrogens is 3. The van der Waals surface area contributed by atoms with Gasteiger partial charge in [-0.25, -0.2) is 19.4 Å². The zero-order chi connectivity index (χ0) is 27.6. The van der Waals surface area contributed by atoms with Crippen molar-refractivity contribution in [2.45, 2.75) is 51.7 Å². The monoisotopic (exact) mass is 539 g/mol. The smallest absolute Gasteiger partial charge is 0.410 e. The maximum Gasteiger partial charge on any atom is 0.410 e. The summed E-state index contributed by atoms with van der Waals surface area (Å²) < 4.78 is 6.74. The molecule has 0 spiro atoms. The number of pyridine rings is 1. The Balaban J connectivity index is 1.63. The number of benzene rings is 1. The van der Waals surface area contributed by atoms with Crippen molar-refractivity contribution >= 4 is 35.3 Å². The molecular weight excluding hydrogens is 510 g/mol. The van der Waals surface area contributed by atoms with Crippen LogP contribution in [0.5, 0.6) is 0 Å². The van der Waals surface area contributed by atoms with Gasteiger partial charge in [-0.1, -0.05) is 23.7 Å². The molecule has 1 atom stereocenters. The van der Waals surface area contributed by atoms with Crippen LogP contribution < -0.4 is 16.9 Å². The van der Waals surface area contributed by atoms with E-state index < -0.39 is 23.6 Å². The molecule has 5 N–H and O–H groups in total. The van der Waals surface area contributed by atoms with Crippen LogP contribution in [0.25, 0.3) is 11.3 Å². The largest absolute Gasteiger partial charge is 0.444 e. The maximum absolute atomic E-state index is 12.9. The van der Waals surface area contributed by atoms with Gasteiger partial charge < -0.3 is 21.6 Å². The summed E-state index contributed by atoms with van der Waals surface area (Å²) in [6, 6.07) is 9.20. The second kappa shape index (κ2) is 10.7. The van der Waals surface area contributed by atoms with Crippen molar-refractivity contribution in [3.63, 3.8) is 0 Å². The summed E-state index contributed by atoms with van der Waals surface area (Å²) >= 11 is 5.84. The first kappa shape index (κ1) is 26.9. The van der Waals surface area contributed by atoms with Crippen molar-refractivity contribution in [2.24, 2.45) is 5.73 Å². The summed E-state index contributed by atoms with van der Waals surface area (Å²) in [5.74, 6) is 5.87. The third-order valence-electron chi connectivity index (χ3n) is 5.99. The number of nitrogens with zero attached hydrogens (tertiary/aromatic N) is 4.